The molecular formula is C14H15N3O2. The van der Waals surface area contributed by atoms with E-state index in [9.17, 15) is 4.79 Å². The van der Waals surface area contributed by atoms with Crippen molar-refractivity contribution in [2.24, 2.45) is 5.73 Å². The molecule has 5 N–H and O–H groups in total. The van der Waals surface area contributed by atoms with E-state index in [4.69, 9.17) is 10.8 Å². The number of rotatable bonds is 3. The van der Waals surface area contributed by atoms with Crippen LogP contribution in [0.2, 0.25) is 0 Å². The van der Waals surface area contributed by atoms with Crippen LogP contribution in [-0.2, 0) is 6.54 Å². The zero-order chi connectivity index (χ0) is 13.7. The Bertz CT molecular complexity index is 567. The molecular weight excluding hydrogens is 242 g/mol. The highest BCUT2D eigenvalue weighted by Gasteiger charge is 2.05. The number of nitrogens with two attached hydrogens (primary N) is 1. The Kier molecular flexibility index (Phi) is 4.00. The van der Waals surface area contributed by atoms with Crippen molar-refractivity contribution in [2.75, 3.05) is 10.6 Å². The van der Waals surface area contributed by atoms with Crippen molar-refractivity contribution in [3.8, 4) is 5.75 Å². The normalized spacial score (nSPS) is 9.95. The molecule has 0 unspecified atom stereocenters. The number of carbonyl (C=O) groups is 1. The summed E-state index contributed by atoms with van der Waals surface area (Å²) in [6, 6.07) is 13.2. The highest BCUT2D eigenvalue weighted by atomic mass is 16.3. The Morgan fingerprint density at radius 1 is 1.05 bits per heavy atom. The molecule has 0 atom stereocenters. The van der Waals surface area contributed by atoms with Crippen molar-refractivity contribution in [3.05, 3.63) is 54.1 Å². The van der Waals surface area contributed by atoms with Crippen LogP contribution in [0.25, 0.3) is 0 Å². The lowest BCUT2D eigenvalue weighted by Crippen LogP contribution is -2.20. The largest absolute Gasteiger partial charge is 0.508 e. The maximum atomic E-state index is 11.8. The summed E-state index contributed by atoms with van der Waals surface area (Å²) in [6.07, 6.45) is 0. The van der Waals surface area contributed by atoms with Crippen molar-refractivity contribution in [1.29, 1.82) is 0 Å². The molecule has 2 aromatic rings. The van der Waals surface area contributed by atoms with Crippen molar-refractivity contribution in [3.63, 3.8) is 0 Å². The van der Waals surface area contributed by atoms with Gasteiger partial charge in [0.15, 0.2) is 0 Å². The third-order valence-electron chi connectivity index (χ3n) is 2.61. The Hall–Kier alpha value is -2.53. The van der Waals surface area contributed by atoms with Gasteiger partial charge in [-0.3, -0.25) is 0 Å². The van der Waals surface area contributed by atoms with Crippen molar-refractivity contribution < 1.29 is 9.90 Å². The molecule has 98 valence electrons. The molecule has 2 amide bonds. The van der Waals surface area contributed by atoms with Crippen LogP contribution in [0.4, 0.5) is 16.2 Å². The summed E-state index contributed by atoms with van der Waals surface area (Å²) < 4.78 is 0. The second-order valence-corrected chi connectivity index (χ2v) is 3.99. The molecule has 0 heterocycles. The number of aromatic hydroxyl groups is 1. The van der Waals surface area contributed by atoms with Gasteiger partial charge in [-0.15, -0.1) is 0 Å². The molecule has 0 aliphatic heterocycles. The summed E-state index contributed by atoms with van der Waals surface area (Å²) in [5, 5.41) is 14.6. The van der Waals surface area contributed by atoms with E-state index >= 15 is 0 Å². The second kappa shape index (κ2) is 5.88. The Balaban J connectivity index is 2.03. The average Bonchev–Trinajstić information content (AvgIpc) is 2.42. The number of hydrogen-bond acceptors (Lipinski definition) is 3. The number of hydrogen-bond donors (Lipinski definition) is 4. The Labute approximate surface area is 111 Å². The van der Waals surface area contributed by atoms with Gasteiger partial charge in [-0.05, 0) is 35.9 Å². The number of benzene rings is 2. The summed E-state index contributed by atoms with van der Waals surface area (Å²) in [5.74, 6) is 0.152. The van der Waals surface area contributed by atoms with Gasteiger partial charge in [-0.2, -0.15) is 0 Å². The first kappa shape index (κ1) is 12.9. The van der Waals surface area contributed by atoms with Gasteiger partial charge >= 0.3 is 6.03 Å². The predicted molar refractivity (Wildman–Crippen MR) is 75.1 cm³/mol. The number of phenols is 1. The van der Waals surface area contributed by atoms with Crippen molar-refractivity contribution in [1.82, 2.24) is 0 Å². The van der Waals surface area contributed by atoms with Crippen LogP contribution in [0.15, 0.2) is 48.5 Å². The fourth-order valence-electron chi connectivity index (χ4n) is 1.65. The van der Waals surface area contributed by atoms with Gasteiger partial charge in [-0.1, -0.05) is 18.2 Å². The third-order valence-corrected chi connectivity index (χ3v) is 2.61. The van der Waals surface area contributed by atoms with Crippen LogP contribution in [0.5, 0.6) is 5.75 Å². The van der Waals surface area contributed by atoms with Gasteiger partial charge in [0.2, 0.25) is 0 Å². The predicted octanol–water partition coefficient (Wildman–Crippen LogP) is 2.49. The van der Waals surface area contributed by atoms with Crippen LogP contribution < -0.4 is 16.4 Å². The molecule has 0 bridgehead atoms. The molecule has 5 nitrogen and oxygen atoms in total. The molecule has 0 saturated heterocycles. The van der Waals surface area contributed by atoms with Crippen LogP contribution in [-0.4, -0.2) is 11.1 Å². The summed E-state index contributed by atoms with van der Waals surface area (Å²) in [5.41, 5.74) is 7.74. The molecule has 5 heteroatoms. The lowest BCUT2D eigenvalue weighted by Gasteiger charge is -2.10. The summed E-state index contributed by atoms with van der Waals surface area (Å²) in [7, 11) is 0. The maximum absolute atomic E-state index is 11.8. The van der Waals surface area contributed by atoms with E-state index in [0.717, 1.165) is 5.56 Å². The Morgan fingerprint density at radius 3 is 2.42 bits per heavy atom. The minimum absolute atomic E-state index is 0.152. The average molecular weight is 257 g/mol. The smallest absolute Gasteiger partial charge is 0.323 e. The van der Waals surface area contributed by atoms with E-state index in [0.29, 0.717) is 17.9 Å². The number of amides is 2. The fraction of sp³-hybridized carbons (Fsp3) is 0.0714. The first-order valence-electron chi connectivity index (χ1n) is 5.84. The standard InChI is InChI=1S/C14H15N3O2/c15-9-10-3-1-2-4-13(10)17-14(19)16-11-5-7-12(18)8-6-11/h1-8,18H,9,15H2,(H2,16,17,19). The molecule has 0 saturated carbocycles. The van der Waals surface area contributed by atoms with E-state index in [-0.39, 0.29) is 11.8 Å². The van der Waals surface area contributed by atoms with Crippen LogP contribution in [0, 0.1) is 0 Å². The molecule has 0 aliphatic carbocycles. The molecule has 0 radical (unpaired) electrons. The molecule has 0 aliphatic rings. The number of carbonyl (C=O) groups excluding carboxylic acids is 1. The molecule has 19 heavy (non-hydrogen) atoms. The molecule has 2 rings (SSSR count). The number of phenolic OH excluding ortho intramolecular Hbond substituents is 1. The molecule has 0 aromatic heterocycles. The van der Waals surface area contributed by atoms with Gasteiger partial charge in [0.25, 0.3) is 0 Å². The first-order chi connectivity index (χ1) is 9.19. The summed E-state index contributed by atoms with van der Waals surface area (Å²) >= 11 is 0. The monoisotopic (exact) mass is 257 g/mol. The van der Waals surface area contributed by atoms with E-state index in [1.807, 2.05) is 18.2 Å². The quantitative estimate of drug-likeness (QED) is 0.637. The SMILES string of the molecule is NCc1ccccc1NC(=O)Nc1ccc(O)cc1. The fourth-order valence-corrected chi connectivity index (χ4v) is 1.65. The number of urea groups is 1. The zero-order valence-electron chi connectivity index (χ0n) is 10.3. The highest BCUT2D eigenvalue weighted by Crippen LogP contribution is 2.16. The number of para-hydroxylation sites is 1. The van der Waals surface area contributed by atoms with Crippen molar-refractivity contribution in [2.45, 2.75) is 6.54 Å². The minimum Gasteiger partial charge on any atom is -0.508 e. The minimum atomic E-state index is -0.355. The Morgan fingerprint density at radius 2 is 1.74 bits per heavy atom. The van der Waals surface area contributed by atoms with Gasteiger partial charge < -0.3 is 21.5 Å². The maximum Gasteiger partial charge on any atom is 0.323 e. The second-order valence-electron chi connectivity index (χ2n) is 3.99. The summed E-state index contributed by atoms with van der Waals surface area (Å²) in [4.78, 5) is 11.8. The number of anilines is 2. The van der Waals surface area contributed by atoms with Crippen LogP contribution in [0.1, 0.15) is 5.56 Å². The molecule has 0 fully saturated rings. The van der Waals surface area contributed by atoms with Crippen molar-refractivity contribution >= 4 is 17.4 Å². The highest BCUT2D eigenvalue weighted by molar-refractivity contribution is 6.00. The number of nitrogens with one attached hydrogen (secondary N) is 2. The van der Waals surface area contributed by atoms with Gasteiger partial charge in [0, 0.05) is 17.9 Å². The van der Waals surface area contributed by atoms with E-state index in [1.54, 1.807) is 18.2 Å². The first-order valence-corrected chi connectivity index (χ1v) is 5.84. The summed E-state index contributed by atoms with van der Waals surface area (Å²) in [6.45, 7) is 0.357. The van der Waals surface area contributed by atoms with E-state index < -0.39 is 0 Å². The van der Waals surface area contributed by atoms with Gasteiger partial charge in [-0.25, -0.2) is 4.79 Å². The zero-order valence-corrected chi connectivity index (χ0v) is 10.3. The van der Waals surface area contributed by atoms with Crippen LogP contribution in [0.3, 0.4) is 0 Å². The van der Waals surface area contributed by atoms with Crippen LogP contribution >= 0.6 is 0 Å². The van der Waals surface area contributed by atoms with Gasteiger partial charge in [0.05, 0.1) is 0 Å². The van der Waals surface area contributed by atoms with Gasteiger partial charge in [0.1, 0.15) is 5.75 Å². The molecule has 2 aromatic carbocycles. The van der Waals surface area contributed by atoms with E-state index in [2.05, 4.69) is 10.6 Å². The van der Waals surface area contributed by atoms with E-state index in [1.165, 1.54) is 12.1 Å². The molecule has 0 spiro atoms. The third kappa shape index (κ3) is 3.46. The lowest BCUT2D eigenvalue weighted by atomic mass is 10.2. The topological polar surface area (TPSA) is 87.4 Å². The lowest BCUT2D eigenvalue weighted by molar-refractivity contribution is 0.262.